The minimum absolute atomic E-state index is 0.0207. The van der Waals surface area contributed by atoms with Gasteiger partial charge in [0.2, 0.25) is 5.91 Å². The number of esters is 2. The van der Waals surface area contributed by atoms with Crippen LogP contribution in [-0.4, -0.2) is 48.8 Å². The molecule has 1 aromatic rings. The van der Waals surface area contributed by atoms with Gasteiger partial charge in [-0.15, -0.1) is 0 Å². The second-order valence-corrected chi connectivity index (χ2v) is 7.70. The Balaban J connectivity index is 2.31. The zero-order valence-electron chi connectivity index (χ0n) is 16.6. The fraction of sp³-hybridized carbons (Fsp3) is 0.350. The van der Waals surface area contributed by atoms with E-state index >= 15 is 0 Å². The largest absolute Gasteiger partial charge is 0.497 e. The van der Waals surface area contributed by atoms with E-state index in [0.29, 0.717) is 16.3 Å². The van der Waals surface area contributed by atoms with Crippen molar-refractivity contribution in [2.45, 2.75) is 25.0 Å². The Kier molecular flexibility index (Phi) is 5.88. The van der Waals surface area contributed by atoms with Crippen molar-refractivity contribution in [1.29, 1.82) is 0 Å². The maximum atomic E-state index is 12.9. The molecule has 1 saturated heterocycles. The van der Waals surface area contributed by atoms with Gasteiger partial charge in [-0.3, -0.25) is 9.69 Å². The number of thioether (sulfide) groups is 1. The normalized spacial score (nSPS) is 21.2. The van der Waals surface area contributed by atoms with Crippen molar-refractivity contribution in [2.24, 2.45) is 5.73 Å². The second kappa shape index (κ2) is 8.20. The second-order valence-electron chi connectivity index (χ2n) is 6.37. The van der Waals surface area contributed by atoms with Gasteiger partial charge in [-0.25, -0.2) is 9.59 Å². The number of ether oxygens (including phenoxy) is 3. The molecule has 2 heterocycles. The van der Waals surface area contributed by atoms with Crippen molar-refractivity contribution in [1.82, 2.24) is 4.90 Å². The smallest absolute Gasteiger partial charge is 0.338 e. The number of methoxy groups -OCH3 is 2. The van der Waals surface area contributed by atoms with Gasteiger partial charge in [-0.2, -0.15) is 0 Å². The number of nitrogens with zero attached hydrogens (tertiary/aromatic N) is 1. The van der Waals surface area contributed by atoms with Crippen LogP contribution in [0.2, 0.25) is 0 Å². The van der Waals surface area contributed by atoms with Crippen LogP contribution in [0.4, 0.5) is 0 Å². The Morgan fingerprint density at radius 3 is 2.55 bits per heavy atom. The molecule has 0 unspecified atom stereocenters. The Bertz CT molecular complexity index is 939. The van der Waals surface area contributed by atoms with Gasteiger partial charge in [0, 0.05) is 0 Å². The minimum atomic E-state index is -0.867. The number of hydrogen-bond acceptors (Lipinski definition) is 8. The van der Waals surface area contributed by atoms with Crippen LogP contribution >= 0.6 is 11.8 Å². The zero-order valence-corrected chi connectivity index (χ0v) is 17.4. The van der Waals surface area contributed by atoms with E-state index in [1.165, 1.54) is 30.9 Å². The summed E-state index contributed by atoms with van der Waals surface area (Å²) in [6.45, 7) is 3.49. The molecular formula is C20H22N2O6S. The van der Waals surface area contributed by atoms with E-state index in [9.17, 15) is 14.4 Å². The standard InChI is InChI=1S/C20H22N2O6S/c1-5-28-20(25)14-13(11-7-6-8-12(9-11)26-3)15(19(24)27-4)18-22(16(14)21)17(23)10(2)29-18/h6-10,13H,5,21H2,1-4H3/t10-,13+/m1/s1. The lowest BCUT2D eigenvalue weighted by molar-refractivity contribution is -0.139. The lowest BCUT2D eigenvalue weighted by atomic mass is 9.82. The molecule has 2 aliphatic rings. The zero-order chi connectivity index (χ0) is 21.3. The molecule has 29 heavy (non-hydrogen) atoms. The highest BCUT2D eigenvalue weighted by atomic mass is 32.2. The maximum absolute atomic E-state index is 12.9. The molecule has 0 spiro atoms. The van der Waals surface area contributed by atoms with Crippen LogP contribution in [0.5, 0.6) is 5.75 Å². The number of rotatable bonds is 5. The van der Waals surface area contributed by atoms with Crippen LogP contribution < -0.4 is 10.5 Å². The first-order valence-corrected chi connectivity index (χ1v) is 9.87. The Hall–Kier alpha value is -2.94. The van der Waals surface area contributed by atoms with Crippen LogP contribution in [-0.2, 0) is 23.9 Å². The predicted octanol–water partition coefficient (Wildman–Crippen LogP) is 1.87. The molecular weight excluding hydrogens is 396 g/mol. The molecule has 1 aromatic carbocycles. The first-order chi connectivity index (χ1) is 13.8. The van der Waals surface area contributed by atoms with Crippen molar-refractivity contribution in [3.05, 3.63) is 51.8 Å². The van der Waals surface area contributed by atoms with Crippen molar-refractivity contribution < 1.29 is 28.6 Å². The number of hydrogen-bond donors (Lipinski definition) is 1. The average molecular weight is 418 g/mol. The molecule has 8 nitrogen and oxygen atoms in total. The third-order valence-electron chi connectivity index (χ3n) is 4.71. The first kappa shape index (κ1) is 20.8. The third kappa shape index (κ3) is 3.46. The van der Waals surface area contributed by atoms with Gasteiger partial charge < -0.3 is 19.9 Å². The number of nitrogens with two attached hydrogens (primary N) is 1. The lowest BCUT2D eigenvalue weighted by Gasteiger charge is -2.33. The minimum Gasteiger partial charge on any atom is -0.497 e. The lowest BCUT2D eigenvalue weighted by Crippen LogP contribution is -2.40. The van der Waals surface area contributed by atoms with Gasteiger partial charge in [0.15, 0.2) is 0 Å². The molecule has 0 bridgehead atoms. The molecule has 9 heteroatoms. The van der Waals surface area contributed by atoms with Crippen LogP contribution in [0.3, 0.4) is 0 Å². The summed E-state index contributed by atoms with van der Waals surface area (Å²) in [5.41, 5.74) is 7.08. The molecule has 3 rings (SSSR count). The summed E-state index contributed by atoms with van der Waals surface area (Å²) in [5.74, 6) is -2.02. The van der Waals surface area contributed by atoms with Gasteiger partial charge in [0.1, 0.15) is 11.6 Å². The number of carbonyl (C=O) groups excluding carboxylic acids is 3. The summed E-state index contributed by atoms with van der Waals surface area (Å²) in [6.07, 6.45) is 0. The molecule has 0 saturated carbocycles. The average Bonchev–Trinajstić information content (AvgIpc) is 3.01. The summed E-state index contributed by atoms with van der Waals surface area (Å²) < 4.78 is 15.5. The van der Waals surface area contributed by atoms with Crippen LogP contribution in [0.15, 0.2) is 46.3 Å². The Morgan fingerprint density at radius 1 is 1.21 bits per heavy atom. The van der Waals surface area contributed by atoms with Crippen LogP contribution in [0.1, 0.15) is 25.3 Å². The number of benzene rings is 1. The highest BCUT2D eigenvalue weighted by Crippen LogP contribution is 2.50. The highest BCUT2D eigenvalue weighted by Gasteiger charge is 2.49. The third-order valence-corrected chi connectivity index (χ3v) is 5.89. The van der Waals surface area contributed by atoms with Crippen molar-refractivity contribution in [3.8, 4) is 5.75 Å². The van der Waals surface area contributed by atoms with Gasteiger partial charge >= 0.3 is 11.9 Å². The number of fused-ring (bicyclic) bond motifs is 1. The maximum Gasteiger partial charge on any atom is 0.338 e. The Morgan fingerprint density at radius 2 is 1.93 bits per heavy atom. The van der Waals surface area contributed by atoms with E-state index < -0.39 is 23.1 Å². The van der Waals surface area contributed by atoms with Crippen molar-refractivity contribution in [2.75, 3.05) is 20.8 Å². The van der Waals surface area contributed by atoms with Gasteiger partial charge in [-0.05, 0) is 31.5 Å². The van der Waals surface area contributed by atoms with E-state index in [-0.39, 0.29) is 29.5 Å². The van der Waals surface area contributed by atoms with Crippen LogP contribution in [0.25, 0.3) is 0 Å². The topological polar surface area (TPSA) is 108 Å². The fourth-order valence-electron chi connectivity index (χ4n) is 3.40. The van der Waals surface area contributed by atoms with Gasteiger partial charge in [0.25, 0.3) is 0 Å². The molecule has 2 N–H and O–H groups in total. The molecule has 1 amide bonds. The van der Waals surface area contributed by atoms with Crippen molar-refractivity contribution in [3.63, 3.8) is 0 Å². The fourth-order valence-corrected chi connectivity index (χ4v) is 4.56. The predicted molar refractivity (Wildman–Crippen MR) is 107 cm³/mol. The molecule has 2 aliphatic heterocycles. The first-order valence-electron chi connectivity index (χ1n) is 8.99. The summed E-state index contributed by atoms with van der Waals surface area (Å²) >= 11 is 1.21. The van der Waals surface area contributed by atoms with E-state index in [2.05, 4.69) is 0 Å². The quantitative estimate of drug-likeness (QED) is 0.722. The molecule has 0 radical (unpaired) electrons. The summed E-state index contributed by atoms with van der Waals surface area (Å²) in [6, 6.07) is 6.95. The molecule has 154 valence electrons. The van der Waals surface area contributed by atoms with E-state index in [4.69, 9.17) is 19.9 Å². The van der Waals surface area contributed by atoms with Crippen LogP contribution in [0, 0.1) is 0 Å². The van der Waals surface area contributed by atoms with E-state index in [1.807, 2.05) is 0 Å². The molecule has 1 fully saturated rings. The highest BCUT2D eigenvalue weighted by molar-refractivity contribution is 8.04. The monoisotopic (exact) mass is 418 g/mol. The van der Waals surface area contributed by atoms with Crippen molar-refractivity contribution >= 4 is 29.6 Å². The molecule has 0 aromatic heterocycles. The summed E-state index contributed by atoms with van der Waals surface area (Å²) in [7, 11) is 2.77. The summed E-state index contributed by atoms with van der Waals surface area (Å²) in [5, 5.41) is -0.0940. The summed E-state index contributed by atoms with van der Waals surface area (Å²) in [4.78, 5) is 39.6. The van der Waals surface area contributed by atoms with E-state index in [1.54, 1.807) is 38.1 Å². The van der Waals surface area contributed by atoms with Gasteiger partial charge in [-0.1, -0.05) is 23.9 Å². The molecule has 2 atom stereocenters. The van der Waals surface area contributed by atoms with Gasteiger partial charge in [0.05, 0.1) is 48.2 Å². The number of amides is 1. The Labute approximate surface area is 172 Å². The molecule has 0 aliphatic carbocycles. The number of carbonyl (C=O) groups is 3. The van der Waals surface area contributed by atoms with E-state index in [0.717, 1.165) is 0 Å². The SMILES string of the molecule is CCOC(=O)C1=C(N)N2C(=O)[C@@H](C)SC2=C(C(=O)OC)[C@H]1c1cccc(OC)c1.